The maximum absolute atomic E-state index is 12.3. The van der Waals surface area contributed by atoms with Gasteiger partial charge in [-0.15, -0.1) is 11.3 Å². The molecule has 0 spiro atoms. The zero-order valence-electron chi connectivity index (χ0n) is 14.5. The van der Waals surface area contributed by atoms with E-state index >= 15 is 0 Å². The molecule has 1 N–H and O–H groups in total. The third kappa shape index (κ3) is 4.06. The molecule has 1 fully saturated rings. The van der Waals surface area contributed by atoms with E-state index < -0.39 is 0 Å². The van der Waals surface area contributed by atoms with Gasteiger partial charge >= 0.3 is 0 Å². The highest BCUT2D eigenvalue weighted by atomic mass is 32.1. The summed E-state index contributed by atoms with van der Waals surface area (Å²) in [4.78, 5) is 31.6. The number of aromatic nitrogens is 2. The van der Waals surface area contributed by atoms with E-state index in [1.54, 1.807) is 35.6 Å². The fraction of sp³-hybridized carbons (Fsp3) is 0.263. The summed E-state index contributed by atoms with van der Waals surface area (Å²) in [5, 5.41) is 8.76. The lowest BCUT2D eigenvalue weighted by molar-refractivity contribution is -0.128. The van der Waals surface area contributed by atoms with Crippen molar-refractivity contribution < 1.29 is 14.1 Å². The Morgan fingerprint density at radius 1 is 1.26 bits per heavy atom. The highest BCUT2D eigenvalue weighted by Crippen LogP contribution is 2.28. The second-order valence-electron chi connectivity index (χ2n) is 6.35. The molecule has 1 aliphatic rings. The van der Waals surface area contributed by atoms with Crippen LogP contribution in [0.25, 0.3) is 0 Å². The number of carbonyl (C=O) groups is 2. The third-order valence-corrected chi connectivity index (χ3v) is 5.29. The molecule has 0 radical (unpaired) electrons. The first kappa shape index (κ1) is 17.4. The van der Waals surface area contributed by atoms with Gasteiger partial charge in [-0.25, -0.2) is 0 Å². The number of carbonyl (C=O) groups excluding carboxylic acids is 2. The molecule has 138 valence electrons. The lowest BCUT2D eigenvalue weighted by atomic mass is 10.1. The molecule has 2 amide bonds. The SMILES string of the molecule is O=C(NCc1nc(C2CC(=O)N(Cc3cccs3)C2)no1)c1ccccc1. The minimum absolute atomic E-state index is 0.0835. The quantitative estimate of drug-likeness (QED) is 0.708. The molecule has 3 aromatic rings. The average molecular weight is 382 g/mol. The molecule has 0 aliphatic carbocycles. The van der Waals surface area contributed by atoms with Crippen molar-refractivity contribution in [2.75, 3.05) is 6.54 Å². The number of hydrogen-bond acceptors (Lipinski definition) is 6. The van der Waals surface area contributed by atoms with Crippen molar-refractivity contribution in [3.05, 3.63) is 70.0 Å². The van der Waals surface area contributed by atoms with Gasteiger partial charge in [0.15, 0.2) is 5.82 Å². The van der Waals surface area contributed by atoms with Crippen molar-refractivity contribution in [2.45, 2.75) is 25.4 Å². The van der Waals surface area contributed by atoms with Crippen LogP contribution in [0.15, 0.2) is 52.4 Å². The van der Waals surface area contributed by atoms with E-state index in [0.717, 1.165) is 4.88 Å². The Morgan fingerprint density at radius 2 is 2.11 bits per heavy atom. The van der Waals surface area contributed by atoms with Gasteiger partial charge < -0.3 is 14.7 Å². The Balaban J connectivity index is 1.34. The Bertz CT molecular complexity index is 924. The Morgan fingerprint density at radius 3 is 2.89 bits per heavy atom. The molecule has 7 nitrogen and oxygen atoms in total. The van der Waals surface area contributed by atoms with Crippen LogP contribution in [0.3, 0.4) is 0 Å². The van der Waals surface area contributed by atoms with Crippen LogP contribution in [-0.4, -0.2) is 33.4 Å². The lowest BCUT2D eigenvalue weighted by Crippen LogP contribution is -2.24. The van der Waals surface area contributed by atoms with E-state index in [2.05, 4.69) is 15.5 Å². The predicted molar refractivity (Wildman–Crippen MR) is 99.0 cm³/mol. The van der Waals surface area contributed by atoms with E-state index in [-0.39, 0.29) is 24.3 Å². The molecule has 27 heavy (non-hydrogen) atoms. The number of amides is 2. The second kappa shape index (κ2) is 7.71. The zero-order valence-corrected chi connectivity index (χ0v) is 15.3. The molecule has 3 heterocycles. The number of nitrogens with zero attached hydrogens (tertiary/aromatic N) is 3. The summed E-state index contributed by atoms with van der Waals surface area (Å²) in [5.74, 6) is 0.657. The summed E-state index contributed by atoms with van der Waals surface area (Å²) in [6, 6.07) is 12.9. The van der Waals surface area contributed by atoms with E-state index in [0.29, 0.717) is 36.8 Å². The first-order chi connectivity index (χ1) is 13.2. The van der Waals surface area contributed by atoms with Gasteiger partial charge in [-0.3, -0.25) is 9.59 Å². The summed E-state index contributed by atoms with van der Waals surface area (Å²) in [6.07, 6.45) is 0.376. The van der Waals surface area contributed by atoms with Crippen molar-refractivity contribution >= 4 is 23.2 Å². The standard InChI is InChI=1S/C19H18N4O3S/c24-17-9-14(11-23(17)12-15-7-4-8-27-15)18-21-16(26-22-18)10-20-19(25)13-5-2-1-3-6-13/h1-8,14H,9-12H2,(H,20,25). The zero-order chi connectivity index (χ0) is 18.6. The summed E-state index contributed by atoms with van der Waals surface area (Å²) < 4.78 is 5.24. The van der Waals surface area contributed by atoms with Crippen LogP contribution in [0.2, 0.25) is 0 Å². The normalized spacial score (nSPS) is 16.7. The summed E-state index contributed by atoms with van der Waals surface area (Å²) in [5.41, 5.74) is 0.572. The summed E-state index contributed by atoms with van der Waals surface area (Å²) in [7, 11) is 0. The van der Waals surface area contributed by atoms with E-state index in [4.69, 9.17) is 4.52 Å². The predicted octanol–water partition coefficient (Wildman–Crippen LogP) is 2.58. The smallest absolute Gasteiger partial charge is 0.251 e. The molecular weight excluding hydrogens is 364 g/mol. The van der Waals surface area contributed by atoms with Crippen molar-refractivity contribution in [3.8, 4) is 0 Å². The van der Waals surface area contributed by atoms with Gasteiger partial charge in [-0.2, -0.15) is 4.98 Å². The maximum atomic E-state index is 12.3. The highest BCUT2D eigenvalue weighted by molar-refractivity contribution is 7.09. The van der Waals surface area contributed by atoms with Crippen molar-refractivity contribution in [2.24, 2.45) is 0 Å². The van der Waals surface area contributed by atoms with Crippen LogP contribution < -0.4 is 5.32 Å². The van der Waals surface area contributed by atoms with Crippen LogP contribution in [-0.2, 0) is 17.9 Å². The second-order valence-corrected chi connectivity index (χ2v) is 7.38. The Kier molecular flexibility index (Phi) is 4.97. The van der Waals surface area contributed by atoms with Gasteiger partial charge in [0.1, 0.15) is 0 Å². The Hall–Kier alpha value is -3.00. The Labute approximate surface area is 160 Å². The first-order valence-electron chi connectivity index (χ1n) is 8.65. The largest absolute Gasteiger partial charge is 0.343 e. The number of rotatable bonds is 6. The fourth-order valence-corrected chi connectivity index (χ4v) is 3.76. The van der Waals surface area contributed by atoms with Crippen LogP contribution in [0.1, 0.15) is 39.3 Å². The molecular formula is C19H18N4O3S. The number of thiophene rings is 1. The van der Waals surface area contributed by atoms with Crippen molar-refractivity contribution in [1.82, 2.24) is 20.4 Å². The number of likely N-dealkylation sites (tertiary alicyclic amines) is 1. The number of hydrogen-bond donors (Lipinski definition) is 1. The molecule has 1 saturated heterocycles. The monoisotopic (exact) mass is 382 g/mol. The molecule has 0 saturated carbocycles. The van der Waals surface area contributed by atoms with Gasteiger partial charge in [0.25, 0.3) is 5.91 Å². The van der Waals surface area contributed by atoms with Crippen LogP contribution in [0, 0.1) is 0 Å². The molecule has 1 aromatic carbocycles. The average Bonchev–Trinajstić information content (AvgIpc) is 3.43. The van der Waals surface area contributed by atoms with E-state index in [9.17, 15) is 9.59 Å². The molecule has 0 bridgehead atoms. The van der Waals surface area contributed by atoms with Gasteiger partial charge in [0, 0.05) is 29.3 Å². The maximum Gasteiger partial charge on any atom is 0.251 e. The molecule has 8 heteroatoms. The van der Waals surface area contributed by atoms with Gasteiger partial charge in [0.2, 0.25) is 11.8 Å². The van der Waals surface area contributed by atoms with Crippen LogP contribution >= 0.6 is 11.3 Å². The van der Waals surface area contributed by atoms with Crippen LogP contribution in [0.4, 0.5) is 0 Å². The van der Waals surface area contributed by atoms with Crippen molar-refractivity contribution in [3.63, 3.8) is 0 Å². The highest BCUT2D eigenvalue weighted by Gasteiger charge is 2.33. The topological polar surface area (TPSA) is 88.3 Å². The molecule has 2 aromatic heterocycles. The minimum atomic E-state index is -0.200. The summed E-state index contributed by atoms with van der Waals surface area (Å²) >= 11 is 1.64. The first-order valence-corrected chi connectivity index (χ1v) is 9.53. The molecule has 1 atom stereocenters. The van der Waals surface area contributed by atoms with E-state index in [1.165, 1.54) is 0 Å². The summed E-state index contributed by atoms with van der Waals surface area (Å²) in [6.45, 7) is 1.34. The lowest BCUT2D eigenvalue weighted by Gasteiger charge is -2.14. The van der Waals surface area contributed by atoms with Crippen molar-refractivity contribution in [1.29, 1.82) is 0 Å². The van der Waals surface area contributed by atoms with E-state index in [1.807, 2.05) is 28.5 Å². The molecule has 1 unspecified atom stereocenters. The fourth-order valence-electron chi connectivity index (χ4n) is 3.04. The minimum Gasteiger partial charge on any atom is -0.343 e. The van der Waals surface area contributed by atoms with Gasteiger partial charge in [-0.05, 0) is 23.6 Å². The molecule has 1 aliphatic heterocycles. The molecule has 4 rings (SSSR count). The van der Waals surface area contributed by atoms with Crippen LogP contribution in [0.5, 0.6) is 0 Å². The van der Waals surface area contributed by atoms with Gasteiger partial charge in [-0.1, -0.05) is 29.4 Å². The van der Waals surface area contributed by atoms with Gasteiger partial charge in [0.05, 0.1) is 13.1 Å². The third-order valence-electron chi connectivity index (χ3n) is 4.43. The number of benzene rings is 1. The number of nitrogens with one attached hydrogen (secondary N) is 1.